The maximum absolute atomic E-state index is 13.2. The molecule has 0 radical (unpaired) electrons. The number of amides is 1. The Hall–Kier alpha value is -3.93. The molecule has 0 unspecified atom stereocenters. The van der Waals surface area contributed by atoms with E-state index in [0.29, 0.717) is 36.0 Å². The van der Waals surface area contributed by atoms with Crippen LogP contribution in [0.15, 0.2) is 73.1 Å². The summed E-state index contributed by atoms with van der Waals surface area (Å²) in [4.78, 5) is 21.9. The van der Waals surface area contributed by atoms with E-state index >= 15 is 0 Å². The van der Waals surface area contributed by atoms with E-state index in [-0.39, 0.29) is 5.91 Å². The van der Waals surface area contributed by atoms with Crippen molar-refractivity contribution in [3.8, 4) is 22.8 Å². The lowest BCUT2D eigenvalue weighted by Gasteiger charge is -2.19. The van der Waals surface area contributed by atoms with Gasteiger partial charge >= 0.3 is 0 Å². The zero-order chi connectivity index (χ0) is 19.6. The number of carbonyl (C=O) groups excluding carboxylic acids is 1. The fourth-order valence-corrected chi connectivity index (χ4v) is 3.35. The number of anilines is 1. The van der Waals surface area contributed by atoms with Crippen LogP contribution in [-0.4, -0.2) is 29.1 Å². The molecular weight excluding hydrogens is 366 g/mol. The number of carbonyl (C=O) groups is 1. The molecule has 0 fully saturated rings. The Labute approximate surface area is 167 Å². The summed E-state index contributed by atoms with van der Waals surface area (Å²) in [6.45, 7) is 1.02. The number of nitrogens with one attached hydrogen (secondary N) is 1. The van der Waals surface area contributed by atoms with E-state index in [1.54, 1.807) is 30.6 Å². The lowest BCUT2D eigenvalue weighted by molar-refractivity contribution is 0.102. The Kier molecular flexibility index (Phi) is 4.29. The third-order valence-corrected chi connectivity index (χ3v) is 4.74. The highest BCUT2D eigenvalue weighted by Crippen LogP contribution is 2.33. The lowest BCUT2D eigenvalue weighted by atomic mass is 10.0. The molecule has 0 atom stereocenters. The monoisotopic (exact) mass is 383 g/mol. The summed E-state index contributed by atoms with van der Waals surface area (Å²) >= 11 is 0. The molecule has 142 valence electrons. The number of nitrogens with zero attached hydrogens (tertiary/aromatic N) is 2. The zero-order valence-electron chi connectivity index (χ0n) is 15.5. The van der Waals surface area contributed by atoms with Crippen LogP contribution in [-0.2, 0) is 0 Å². The van der Waals surface area contributed by atoms with Gasteiger partial charge in [-0.3, -0.25) is 9.78 Å². The molecule has 6 heteroatoms. The van der Waals surface area contributed by atoms with Gasteiger partial charge in [0.2, 0.25) is 0 Å². The van der Waals surface area contributed by atoms with Crippen molar-refractivity contribution in [2.45, 2.75) is 0 Å². The van der Waals surface area contributed by atoms with Crippen molar-refractivity contribution in [1.29, 1.82) is 0 Å². The summed E-state index contributed by atoms with van der Waals surface area (Å²) in [5.74, 6) is 1.10. The standard InChI is InChI=1S/C23H17N3O3/c27-23(25-16-5-6-21-22(13-16)29-12-11-28-21)18-14-20(15-7-9-24-10-8-15)26-19-4-2-1-3-17(18)19/h1-10,13-14H,11-12H2,(H,25,27). The Balaban J connectivity index is 1.54. The molecule has 1 amide bonds. The van der Waals surface area contributed by atoms with Crippen LogP contribution in [0.3, 0.4) is 0 Å². The smallest absolute Gasteiger partial charge is 0.256 e. The van der Waals surface area contributed by atoms with Crippen molar-refractivity contribution >= 4 is 22.5 Å². The predicted molar refractivity (Wildman–Crippen MR) is 110 cm³/mol. The molecule has 3 heterocycles. The van der Waals surface area contributed by atoms with Crippen molar-refractivity contribution in [2.24, 2.45) is 0 Å². The van der Waals surface area contributed by atoms with E-state index in [4.69, 9.17) is 14.5 Å². The van der Waals surface area contributed by atoms with Gasteiger partial charge in [0.25, 0.3) is 5.91 Å². The van der Waals surface area contributed by atoms with Gasteiger partial charge in [0.05, 0.1) is 16.8 Å². The average molecular weight is 383 g/mol. The molecule has 4 aromatic rings. The average Bonchev–Trinajstić information content (AvgIpc) is 2.79. The number of fused-ring (bicyclic) bond motifs is 2. The van der Waals surface area contributed by atoms with Crippen molar-refractivity contribution in [1.82, 2.24) is 9.97 Å². The normalized spacial score (nSPS) is 12.6. The fourth-order valence-electron chi connectivity index (χ4n) is 3.35. The summed E-state index contributed by atoms with van der Waals surface area (Å²) in [6.07, 6.45) is 3.42. The van der Waals surface area contributed by atoms with E-state index in [1.165, 1.54) is 0 Å². The van der Waals surface area contributed by atoms with Gasteiger partial charge in [-0.25, -0.2) is 4.98 Å². The summed E-state index contributed by atoms with van der Waals surface area (Å²) in [5.41, 5.74) is 3.58. The molecule has 6 nitrogen and oxygen atoms in total. The van der Waals surface area contributed by atoms with Crippen LogP contribution in [0.2, 0.25) is 0 Å². The minimum Gasteiger partial charge on any atom is -0.486 e. The number of hydrogen-bond acceptors (Lipinski definition) is 5. The van der Waals surface area contributed by atoms with Gasteiger partial charge in [0.1, 0.15) is 13.2 Å². The second-order valence-corrected chi connectivity index (χ2v) is 6.62. The van der Waals surface area contributed by atoms with Gasteiger partial charge in [0.15, 0.2) is 11.5 Å². The molecule has 5 rings (SSSR count). The first-order valence-electron chi connectivity index (χ1n) is 9.29. The van der Waals surface area contributed by atoms with E-state index in [9.17, 15) is 4.79 Å². The first kappa shape index (κ1) is 17.2. The molecule has 1 N–H and O–H groups in total. The van der Waals surface area contributed by atoms with Gasteiger partial charge in [0, 0.05) is 35.1 Å². The highest BCUT2D eigenvalue weighted by molar-refractivity contribution is 6.13. The van der Waals surface area contributed by atoms with Crippen LogP contribution in [0, 0.1) is 0 Å². The van der Waals surface area contributed by atoms with Crippen molar-refractivity contribution in [3.05, 3.63) is 78.6 Å². The molecule has 0 spiro atoms. The first-order chi connectivity index (χ1) is 14.3. The van der Waals surface area contributed by atoms with Crippen LogP contribution < -0.4 is 14.8 Å². The van der Waals surface area contributed by atoms with Gasteiger partial charge in [-0.2, -0.15) is 0 Å². The SMILES string of the molecule is O=C(Nc1ccc2c(c1)OCCO2)c1cc(-c2ccncc2)nc2ccccc12. The van der Waals surface area contributed by atoms with E-state index in [2.05, 4.69) is 10.3 Å². The molecule has 1 aliphatic heterocycles. The quantitative estimate of drug-likeness (QED) is 0.570. The second kappa shape index (κ2) is 7.24. The Morgan fingerprint density at radius 3 is 2.55 bits per heavy atom. The van der Waals surface area contributed by atoms with E-state index in [0.717, 1.165) is 22.2 Å². The predicted octanol–water partition coefficient (Wildman–Crippen LogP) is 4.32. The number of benzene rings is 2. The van der Waals surface area contributed by atoms with E-state index in [1.807, 2.05) is 42.5 Å². The van der Waals surface area contributed by atoms with Crippen LogP contribution in [0.4, 0.5) is 5.69 Å². The van der Waals surface area contributed by atoms with Crippen molar-refractivity contribution < 1.29 is 14.3 Å². The summed E-state index contributed by atoms with van der Waals surface area (Å²) in [7, 11) is 0. The van der Waals surface area contributed by atoms with Gasteiger partial charge in [-0.15, -0.1) is 0 Å². The van der Waals surface area contributed by atoms with Gasteiger partial charge < -0.3 is 14.8 Å². The van der Waals surface area contributed by atoms with Crippen LogP contribution in [0.5, 0.6) is 11.5 Å². The minimum absolute atomic E-state index is 0.212. The topological polar surface area (TPSA) is 73.3 Å². The van der Waals surface area contributed by atoms with Crippen LogP contribution >= 0.6 is 0 Å². The highest BCUT2D eigenvalue weighted by atomic mass is 16.6. The van der Waals surface area contributed by atoms with Gasteiger partial charge in [-0.1, -0.05) is 18.2 Å². The van der Waals surface area contributed by atoms with Crippen LogP contribution in [0.25, 0.3) is 22.2 Å². The van der Waals surface area contributed by atoms with Crippen molar-refractivity contribution in [2.75, 3.05) is 18.5 Å². The fraction of sp³-hybridized carbons (Fsp3) is 0.0870. The third kappa shape index (κ3) is 3.36. The number of ether oxygens (including phenoxy) is 2. The van der Waals surface area contributed by atoms with Crippen molar-refractivity contribution in [3.63, 3.8) is 0 Å². The number of pyridine rings is 2. The Morgan fingerprint density at radius 2 is 1.69 bits per heavy atom. The number of para-hydroxylation sites is 1. The molecule has 2 aromatic heterocycles. The molecular formula is C23H17N3O3. The number of hydrogen-bond donors (Lipinski definition) is 1. The molecule has 0 bridgehead atoms. The number of aromatic nitrogens is 2. The van der Waals surface area contributed by atoms with E-state index < -0.39 is 0 Å². The molecule has 29 heavy (non-hydrogen) atoms. The highest BCUT2D eigenvalue weighted by Gasteiger charge is 2.16. The molecule has 0 aliphatic carbocycles. The maximum Gasteiger partial charge on any atom is 0.256 e. The first-order valence-corrected chi connectivity index (χ1v) is 9.29. The zero-order valence-corrected chi connectivity index (χ0v) is 15.5. The molecule has 0 saturated carbocycles. The lowest BCUT2D eigenvalue weighted by Crippen LogP contribution is -2.16. The largest absolute Gasteiger partial charge is 0.486 e. The molecule has 0 saturated heterocycles. The summed E-state index contributed by atoms with van der Waals surface area (Å²) < 4.78 is 11.1. The second-order valence-electron chi connectivity index (χ2n) is 6.62. The summed E-state index contributed by atoms with van der Waals surface area (Å²) in [5, 5.41) is 3.76. The Bertz CT molecular complexity index is 1210. The molecule has 2 aromatic carbocycles. The van der Waals surface area contributed by atoms with Crippen LogP contribution in [0.1, 0.15) is 10.4 Å². The summed E-state index contributed by atoms with van der Waals surface area (Å²) in [6, 6.07) is 18.6. The Morgan fingerprint density at radius 1 is 0.897 bits per heavy atom. The third-order valence-electron chi connectivity index (χ3n) is 4.74. The number of rotatable bonds is 3. The molecule has 1 aliphatic rings. The van der Waals surface area contributed by atoms with Gasteiger partial charge in [-0.05, 0) is 36.4 Å². The minimum atomic E-state index is -0.212. The maximum atomic E-state index is 13.2.